The molecule has 5 heteroatoms. The van der Waals surface area contributed by atoms with Crippen LogP contribution in [0.3, 0.4) is 0 Å². The molecule has 2 aliphatic carbocycles. The summed E-state index contributed by atoms with van der Waals surface area (Å²) in [6, 6.07) is 9.44. The molecule has 3 heterocycles. The minimum atomic E-state index is 0.180. The number of hydrogen-bond acceptors (Lipinski definition) is 4. The molecule has 0 amide bonds. The maximum atomic E-state index is 13.5. The van der Waals surface area contributed by atoms with E-state index in [1.807, 2.05) is 4.57 Å². The van der Waals surface area contributed by atoms with Gasteiger partial charge in [-0.3, -0.25) is 9.36 Å². The van der Waals surface area contributed by atoms with Crippen LogP contribution in [0.1, 0.15) is 46.9 Å². The van der Waals surface area contributed by atoms with Crippen molar-refractivity contribution in [2.24, 2.45) is 0 Å². The van der Waals surface area contributed by atoms with Crippen LogP contribution < -0.4 is 5.56 Å². The molecule has 144 valence electrons. The highest BCUT2D eigenvalue weighted by Gasteiger charge is 2.31. The fraction of sp³-hybridized carbons (Fsp3) is 0.478. The Hall–Kier alpha value is -1.98. The third kappa shape index (κ3) is 2.60. The van der Waals surface area contributed by atoms with Gasteiger partial charge in [0.1, 0.15) is 4.83 Å². The monoisotopic (exact) mass is 391 g/mol. The van der Waals surface area contributed by atoms with E-state index in [0.29, 0.717) is 6.04 Å². The lowest BCUT2D eigenvalue weighted by Crippen LogP contribution is -2.37. The maximum Gasteiger partial charge on any atom is 0.262 e. The Morgan fingerprint density at radius 1 is 1.00 bits per heavy atom. The average Bonchev–Trinajstić information content (AvgIpc) is 3.45. The molecule has 0 N–H and O–H groups in total. The minimum absolute atomic E-state index is 0.180. The molecule has 6 rings (SSSR count). The van der Waals surface area contributed by atoms with Gasteiger partial charge in [-0.25, -0.2) is 4.98 Å². The number of hydrogen-bond donors (Lipinski definition) is 0. The van der Waals surface area contributed by atoms with Gasteiger partial charge in [0.05, 0.1) is 11.7 Å². The molecule has 1 atom stereocenters. The summed E-state index contributed by atoms with van der Waals surface area (Å²) in [5, 5.41) is 0.915. The highest BCUT2D eigenvalue weighted by atomic mass is 32.1. The molecule has 1 aromatic carbocycles. The van der Waals surface area contributed by atoms with E-state index in [-0.39, 0.29) is 11.6 Å². The first-order chi connectivity index (χ1) is 13.8. The van der Waals surface area contributed by atoms with E-state index in [9.17, 15) is 4.79 Å². The summed E-state index contributed by atoms with van der Waals surface area (Å²) >= 11 is 1.76. The van der Waals surface area contributed by atoms with Crippen LogP contribution in [0.25, 0.3) is 10.2 Å². The molecule has 3 aromatic rings. The quantitative estimate of drug-likeness (QED) is 0.668. The van der Waals surface area contributed by atoms with Gasteiger partial charge < -0.3 is 4.90 Å². The number of rotatable bonds is 2. The van der Waals surface area contributed by atoms with E-state index in [1.54, 1.807) is 17.7 Å². The van der Waals surface area contributed by atoms with E-state index in [4.69, 9.17) is 4.98 Å². The zero-order chi connectivity index (χ0) is 18.7. The largest absolute Gasteiger partial charge is 0.300 e. The summed E-state index contributed by atoms with van der Waals surface area (Å²) in [4.78, 5) is 23.2. The standard InChI is InChI=1S/C23H25N3OS/c27-23-21-19-8-7-17(25-9-3-4-10-25)13-20(19)28-22(21)24-14-26(23)18-11-15-5-1-2-6-16(15)12-18/h1-2,5-6,14,17-18H,3-4,7-13H2. The van der Waals surface area contributed by atoms with Crippen molar-refractivity contribution in [3.8, 4) is 0 Å². The van der Waals surface area contributed by atoms with Gasteiger partial charge in [-0.2, -0.15) is 0 Å². The lowest BCUT2D eigenvalue weighted by molar-refractivity contribution is 0.224. The summed E-state index contributed by atoms with van der Waals surface area (Å²) in [6.07, 6.45) is 9.67. The number of likely N-dealkylation sites (tertiary alicyclic amines) is 1. The predicted molar refractivity (Wildman–Crippen MR) is 113 cm³/mol. The Labute approximate surface area is 168 Å². The molecule has 1 saturated heterocycles. The normalized spacial score (nSPS) is 22.6. The highest BCUT2D eigenvalue weighted by molar-refractivity contribution is 7.18. The first kappa shape index (κ1) is 16.9. The summed E-state index contributed by atoms with van der Waals surface area (Å²) in [5.74, 6) is 0. The van der Waals surface area contributed by atoms with Crippen molar-refractivity contribution in [1.82, 2.24) is 14.5 Å². The van der Waals surface area contributed by atoms with Gasteiger partial charge in [0.15, 0.2) is 0 Å². The molecule has 0 bridgehead atoms. The highest BCUT2D eigenvalue weighted by Crippen LogP contribution is 2.36. The maximum absolute atomic E-state index is 13.5. The Morgan fingerprint density at radius 2 is 1.75 bits per heavy atom. The van der Waals surface area contributed by atoms with Gasteiger partial charge in [0.25, 0.3) is 5.56 Å². The molecule has 28 heavy (non-hydrogen) atoms. The molecular formula is C23H25N3OS. The molecule has 0 radical (unpaired) electrons. The van der Waals surface area contributed by atoms with Crippen molar-refractivity contribution in [3.05, 3.63) is 62.5 Å². The molecular weight excluding hydrogens is 366 g/mol. The summed E-state index contributed by atoms with van der Waals surface area (Å²) in [7, 11) is 0. The van der Waals surface area contributed by atoms with Crippen LogP contribution in [0.4, 0.5) is 0 Å². The van der Waals surface area contributed by atoms with Crippen LogP contribution in [-0.2, 0) is 25.7 Å². The predicted octanol–water partition coefficient (Wildman–Crippen LogP) is 3.75. The van der Waals surface area contributed by atoms with Crippen LogP contribution in [0.5, 0.6) is 0 Å². The Balaban J connectivity index is 1.36. The number of thiophene rings is 1. The van der Waals surface area contributed by atoms with E-state index >= 15 is 0 Å². The van der Waals surface area contributed by atoms with Crippen LogP contribution >= 0.6 is 11.3 Å². The Bertz CT molecular complexity index is 1080. The van der Waals surface area contributed by atoms with Gasteiger partial charge in [0, 0.05) is 17.0 Å². The third-order valence-corrected chi connectivity index (χ3v) is 8.21. The Morgan fingerprint density at radius 3 is 2.50 bits per heavy atom. The molecule has 3 aliphatic rings. The SMILES string of the molecule is O=c1c2c3c(sc2ncn1C1Cc2ccccc2C1)CC(N1CCCC1)CC3. The summed E-state index contributed by atoms with van der Waals surface area (Å²) in [5.41, 5.74) is 4.23. The molecule has 2 aromatic heterocycles. The lowest BCUT2D eigenvalue weighted by Gasteiger charge is -2.30. The zero-order valence-corrected chi connectivity index (χ0v) is 16.9. The van der Waals surface area contributed by atoms with Gasteiger partial charge in [0.2, 0.25) is 0 Å². The Kier molecular flexibility index (Phi) is 3.95. The number of aryl methyl sites for hydroxylation is 1. The van der Waals surface area contributed by atoms with Gasteiger partial charge in [-0.05, 0) is 74.7 Å². The average molecular weight is 392 g/mol. The van der Waals surface area contributed by atoms with E-state index in [2.05, 4.69) is 29.2 Å². The van der Waals surface area contributed by atoms with Crippen molar-refractivity contribution < 1.29 is 0 Å². The fourth-order valence-corrected chi connectivity index (χ4v) is 6.82. The van der Waals surface area contributed by atoms with Crippen molar-refractivity contribution in [1.29, 1.82) is 0 Å². The van der Waals surface area contributed by atoms with Gasteiger partial charge in [-0.15, -0.1) is 11.3 Å². The van der Waals surface area contributed by atoms with Gasteiger partial charge >= 0.3 is 0 Å². The number of nitrogens with zero attached hydrogens (tertiary/aromatic N) is 3. The fourth-order valence-electron chi connectivity index (χ4n) is 5.57. The van der Waals surface area contributed by atoms with Crippen molar-refractivity contribution >= 4 is 21.6 Å². The summed E-state index contributed by atoms with van der Waals surface area (Å²) in [6.45, 7) is 2.50. The van der Waals surface area contributed by atoms with Crippen LogP contribution in [0.15, 0.2) is 35.4 Å². The second-order valence-corrected chi connectivity index (χ2v) is 9.70. The van der Waals surface area contributed by atoms with Crippen LogP contribution in [0.2, 0.25) is 0 Å². The number of aromatic nitrogens is 2. The van der Waals surface area contributed by atoms with E-state index in [0.717, 1.165) is 35.9 Å². The van der Waals surface area contributed by atoms with Gasteiger partial charge in [-0.1, -0.05) is 24.3 Å². The first-order valence-electron chi connectivity index (χ1n) is 10.6. The number of fused-ring (bicyclic) bond motifs is 4. The summed E-state index contributed by atoms with van der Waals surface area (Å²) < 4.78 is 1.92. The van der Waals surface area contributed by atoms with Crippen molar-refractivity contribution in [2.45, 2.75) is 57.0 Å². The third-order valence-electron chi connectivity index (χ3n) is 7.05. The van der Waals surface area contributed by atoms with Crippen molar-refractivity contribution in [3.63, 3.8) is 0 Å². The lowest BCUT2D eigenvalue weighted by atomic mass is 9.92. The van der Waals surface area contributed by atoms with Crippen LogP contribution in [0, 0.1) is 0 Å². The van der Waals surface area contributed by atoms with Crippen molar-refractivity contribution in [2.75, 3.05) is 13.1 Å². The molecule has 1 aliphatic heterocycles. The molecule has 0 spiro atoms. The van der Waals surface area contributed by atoms with E-state index < -0.39 is 0 Å². The smallest absolute Gasteiger partial charge is 0.262 e. The molecule has 0 saturated carbocycles. The van der Waals surface area contributed by atoms with E-state index in [1.165, 1.54) is 53.9 Å². The topological polar surface area (TPSA) is 38.1 Å². The van der Waals surface area contributed by atoms with Crippen LogP contribution in [-0.4, -0.2) is 33.6 Å². The first-order valence-corrected chi connectivity index (χ1v) is 11.4. The second kappa shape index (κ2) is 6.53. The molecule has 1 unspecified atom stereocenters. The minimum Gasteiger partial charge on any atom is -0.300 e. The molecule has 1 fully saturated rings. The zero-order valence-electron chi connectivity index (χ0n) is 16.1. The number of benzene rings is 1. The molecule has 4 nitrogen and oxygen atoms in total. The second-order valence-electron chi connectivity index (χ2n) is 8.61.